The second kappa shape index (κ2) is 6.35. The van der Waals surface area contributed by atoms with E-state index in [0.29, 0.717) is 6.61 Å². The highest BCUT2D eigenvalue weighted by Crippen LogP contribution is 2.27. The molecule has 0 amide bonds. The van der Waals surface area contributed by atoms with E-state index in [-0.39, 0.29) is 0 Å². The van der Waals surface area contributed by atoms with Crippen LogP contribution in [0.15, 0.2) is 28.7 Å². The minimum Gasteiger partial charge on any atom is -0.489 e. The highest BCUT2D eigenvalue weighted by Gasteiger charge is 2.12. The molecule has 0 spiro atoms. The van der Waals surface area contributed by atoms with Crippen molar-refractivity contribution in [2.45, 2.75) is 46.3 Å². The fourth-order valence-corrected chi connectivity index (χ4v) is 2.87. The van der Waals surface area contributed by atoms with Crippen molar-refractivity contribution < 1.29 is 9.15 Å². The first-order valence-corrected chi connectivity index (χ1v) is 7.79. The molecule has 1 heterocycles. The van der Waals surface area contributed by atoms with E-state index >= 15 is 0 Å². The molecule has 1 N–H and O–H groups in total. The molecule has 1 aromatic heterocycles. The first kappa shape index (κ1) is 14.2. The van der Waals surface area contributed by atoms with Crippen LogP contribution in [0.2, 0.25) is 0 Å². The third-order valence-corrected chi connectivity index (χ3v) is 4.09. The summed E-state index contributed by atoms with van der Waals surface area (Å²) < 4.78 is 11.7. The summed E-state index contributed by atoms with van der Waals surface area (Å²) in [5.74, 6) is 2.88. The summed E-state index contributed by atoms with van der Waals surface area (Å²) in [5, 5.41) is 3.27. The molecule has 3 heteroatoms. The molecule has 1 aromatic carbocycles. The monoisotopic (exact) mass is 285 g/mol. The van der Waals surface area contributed by atoms with Gasteiger partial charge in [0.1, 0.15) is 23.9 Å². The first-order valence-electron chi connectivity index (χ1n) is 7.79. The lowest BCUT2D eigenvalue weighted by molar-refractivity contribution is 0.302. The maximum Gasteiger partial charge on any atom is 0.120 e. The van der Waals surface area contributed by atoms with Crippen LogP contribution in [-0.2, 0) is 26.0 Å². The van der Waals surface area contributed by atoms with Gasteiger partial charge in [-0.1, -0.05) is 13.0 Å². The van der Waals surface area contributed by atoms with Gasteiger partial charge in [-0.25, -0.2) is 0 Å². The maximum absolute atomic E-state index is 5.94. The van der Waals surface area contributed by atoms with E-state index in [1.165, 1.54) is 30.4 Å². The summed E-state index contributed by atoms with van der Waals surface area (Å²) in [5.41, 5.74) is 4.06. The number of ether oxygens (including phenoxy) is 1. The third kappa shape index (κ3) is 3.30. The van der Waals surface area contributed by atoms with Gasteiger partial charge in [-0.2, -0.15) is 0 Å². The fourth-order valence-electron chi connectivity index (χ4n) is 2.87. The van der Waals surface area contributed by atoms with E-state index in [1.807, 2.05) is 6.92 Å². The Hall–Kier alpha value is -1.74. The Morgan fingerprint density at radius 1 is 1.19 bits per heavy atom. The van der Waals surface area contributed by atoms with E-state index in [0.717, 1.165) is 35.9 Å². The van der Waals surface area contributed by atoms with Crippen molar-refractivity contribution in [2.75, 3.05) is 6.54 Å². The van der Waals surface area contributed by atoms with Crippen LogP contribution < -0.4 is 10.1 Å². The Labute approximate surface area is 126 Å². The average Bonchev–Trinajstić information content (AvgIpc) is 3.08. The largest absolute Gasteiger partial charge is 0.489 e. The number of rotatable bonds is 6. The number of fused-ring (bicyclic) bond motifs is 1. The second-order valence-corrected chi connectivity index (χ2v) is 5.65. The Balaban J connectivity index is 1.63. The highest BCUT2D eigenvalue weighted by molar-refractivity contribution is 5.38. The fraction of sp³-hybridized carbons (Fsp3) is 0.444. The molecule has 2 aromatic rings. The average molecular weight is 285 g/mol. The van der Waals surface area contributed by atoms with Crippen molar-refractivity contribution >= 4 is 0 Å². The zero-order chi connectivity index (χ0) is 14.7. The van der Waals surface area contributed by atoms with Crippen molar-refractivity contribution in [1.82, 2.24) is 5.32 Å². The summed E-state index contributed by atoms with van der Waals surface area (Å²) in [4.78, 5) is 0. The number of benzene rings is 1. The van der Waals surface area contributed by atoms with Gasteiger partial charge in [0.15, 0.2) is 0 Å². The number of furan rings is 1. The Morgan fingerprint density at radius 2 is 2.05 bits per heavy atom. The molecule has 0 radical (unpaired) electrons. The Kier molecular flexibility index (Phi) is 4.30. The van der Waals surface area contributed by atoms with Gasteiger partial charge >= 0.3 is 0 Å². The van der Waals surface area contributed by atoms with Crippen molar-refractivity contribution in [3.05, 3.63) is 52.5 Å². The quantitative estimate of drug-likeness (QED) is 0.877. The van der Waals surface area contributed by atoms with E-state index in [4.69, 9.17) is 9.15 Å². The van der Waals surface area contributed by atoms with Gasteiger partial charge in [-0.15, -0.1) is 0 Å². The van der Waals surface area contributed by atoms with Gasteiger partial charge in [0.25, 0.3) is 0 Å². The van der Waals surface area contributed by atoms with E-state index in [9.17, 15) is 0 Å². The van der Waals surface area contributed by atoms with Crippen molar-refractivity contribution in [1.29, 1.82) is 0 Å². The first-order chi connectivity index (χ1) is 10.3. The van der Waals surface area contributed by atoms with E-state index in [1.54, 1.807) is 0 Å². The standard InChI is InChI=1S/C18H23NO2/c1-3-19-11-18-10-16(13(2)21-18)12-20-17-8-7-14-5-4-6-15(14)9-17/h7-10,19H,3-6,11-12H2,1-2H3. The van der Waals surface area contributed by atoms with Crippen LogP contribution in [0.5, 0.6) is 5.75 Å². The third-order valence-electron chi connectivity index (χ3n) is 4.09. The molecule has 0 saturated carbocycles. The predicted molar refractivity (Wildman–Crippen MR) is 83.6 cm³/mol. The second-order valence-electron chi connectivity index (χ2n) is 5.65. The van der Waals surface area contributed by atoms with Gasteiger partial charge in [-0.05, 0) is 62.1 Å². The summed E-state index contributed by atoms with van der Waals surface area (Å²) in [6, 6.07) is 8.57. The van der Waals surface area contributed by atoms with E-state index < -0.39 is 0 Å². The zero-order valence-electron chi connectivity index (χ0n) is 12.9. The maximum atomic E-state index is 5.94. The molecule has 0 unspecified atom stereocenters. The lowest BCUT2D eigenvalue weighted by Gasteiger charge is -2.07. The van der Waals surface area contributed by atoms with Crippen LogP contribution in [0, 0.1) is 6.92 Å². The molecule has 21 heavy (non-hydrogen) atoms. The minimum absolute atomic E-state index is 0.570. The Bertz CT molecular complexity index is 616. The molecular weight excluding hydrogens is 262 g/mol. The molecule has 0 bridgehead atoms. The van der Waals surface area contributed by atoms with Crippen molar-refractivity contribution in [2.24, 2.45) is 0 Å². The zero-order valence-corrected chi connectivity index (χ0v) is 12.9. The van der Waals surface area contributed by atoms with Gasteiger partial charge in [-0.3, -0.25) is 0 Å². The number of nitrogens with one attached hydrogen (secondary N) is 1. The van der Waals surface area contributed by atoms with Gasteiger partial charge in [0, 0.05) is 5.56 Å². The number of hydrogen-bond donors (Lipinski definition) is 1. The van der Waals surface area contributed by atoms with Crippen molar-refractivity contribution in [3.63, 3.8) is 0 Å². The van der Waals surface area contributed by atoms with E-state index in [2.05, 4.69) is 36.5 Å². The Morgan fingerprint density at radius 3 is 2.90 bits per heavy atom. The van der Waals surface area contributed by atoms with Crippen LogP contribution in [0.1, 0.15) is 41.6 Å². The molecule has 0 saturated heterocycles. The smallest absolute Gasteiger partial charge is 0.120 e. The summed E-state index contributed by atoms with van der Waals surface area (Å²) in [6.45, 7) is 6.38. The molecule has 112 valence electrons. The van der Waals surface area contributed by atoms with Crippen molar-refractivity contribution in [3.8, 4) is 5.75 Å². The molecule has 0 aliphatic heterocycles. The summed E-state index contributed by atoms with van der Waals surface area (Å²) in [7, 11) is 0. The lowest BCUT2D eigenvalue weighted by atomic mass is 10.1. The van der Waals surface area contributed by atoms with Crippen LogP contribution in [0.3, 0.4) is 0 Å². The predicted octanol–water partition coefficient (Wildman–Crippen LogP) is 3.77. The van der Waals surface area contributed by atoms with Gasteiger partial charge in [0.2, 0.25) is 0 Å². The normalized spacial score (nSPS) is 13.4. The minimum atomic E-state index is 0.570. The highest BCUT2D eigenvalue weighted by atomic mass is 16.5. The molecule has 3 rings (SSSR count). The molecular formula is C18H23NO2. The van der Waals surface area contributed by atoms with Crippen LogP contribution in [0.25, 0.3) is 0 Å². The van der Waals surface area contributed by atoms with Crippen LogP contribution >= 0.6 is 0 Å². The SMILES string of the molecule is CCNCc1cc(COc2ccc3c(c2)CCC3)c(C)o1. The van der Waals surface area contributed by atoms with Crippen LogP contribution in [-0.4, -0.2) is 6.54 Å². The lowest BCUT2D eigenvalue weighted by Crippen LogP contribution is -2.10. The summed E-state index contributed by atoms with van der Waals surface area (Å²) >= 11 is 0. The number of hydrogen-bond acceptors (Lipinski definition) is 3. The topological polar surface area (TPSA) is 34.4 Å². The van der Waals surface area contributed by atoms with Gasteiger partial charge in [0.05, 0.1) is 6.54 Å². The van der Waals surface area contributed by atoms with Gasteiger partial charge < -0.3 is 14.5 Å². The molecule has 1 aliphatic rings. The number of aryl methyl sites for hydroxylation is 3. The molecule has 0 fully saturated rings. The molecule has 0 atom stereocenters. The molecule has 3 nitrogen and oxygen atoms in total. The molecule has 1 aliphatic carbocycles. The van der Waals surface area contributed by atoms with Crippen LogP contribution in [0.4, 0.5) is 0 Å². The summed E-state index contributed by atoms with van der Waals surface area (Å²) in [6.07, 6.45) is 3.67.